The molecule has 2 aromatic heterocycles. The minimum atomic E-state index is -0.370. The van der Waals surface area contributed by atoms with Crippen molar-refractivity contribution >= 4 is 50.5 Å². The van der Waals surface area contributed by atoms with Crippen LogP contribution in [0.25, 0.3) is 0 Å². The highest BCUT2D eigenvalue weighted by Crippen LogP contribution is 2.42. The molecule has 0 saturated heterocycles. The maximum atomic E-state index is 12.7. The second-order valence-corrected chi connectivity index (χ2v) is 10.5. The molecule has 2 unspecified atom stereocenters. The number of nitrogens with two attached hydrogens (primary N) is 1. The van der Waals surface area contributed by atoms with Gasteiger partial charge in [0.1, 0.15) is 11.1 Å². The van der Waals surface area contributed by atoms with Crippen LogP contribution in [-0.2, 0) is 17.6 Å². The summed E-state index contributed by atoms with van der Waals surface area (Å²) in [5.74, 6) is 0.299. The first-order valence-corrected chi connectivity index (χ1v) is 11.7. The minimum Gasteiger partial charge on any atom is -0.374 e. The summed E-state index contributed by atoms with van der Waals surface area (Å²) < 4.78 is 0.654. The Labute approximate surface area is 181 Å². The van der Waals surface area contributed by atoms with Crippen LogP contribution in [0.5, 0.6) is 0 Å². The fraction of sp³-hybridized carbons (Fsp3) is 0.300. The SMILES string of the molecule is CC(Sc1nnc(N)s1)C(=O)Nc1sc2c(c1C#N)CCC(c1ccccc1)C2. The van der Waals surface area contributed by atoms with E-state index in [0.29, 0.717) is 26.0 Å². The first-order valence-electron chi connectivity index (χ1n) is 9.21. The molecule has 0 aliphatic heterocycles. The molecule has 0 spiro atoms. The Balaban J connectivity index is 1.49. The van der Waals surface area contributed by atoms with Gasteiger partial charge in [-0.15, -0.1) is 21.5 Å². The van der Waals surface area contributed by atoms with E-state index in [-0.39, 0.29) is 11.2 Å². The summed E-state index contributed by atoms with van der Waals surface area (Å²) in [6, 6.07) is 12.8. The highest BCUT2D eigenvalue weighted by molar-refractivity contribution is 8.02. The average Bonchev–Trinajstić information content (AvgIpc) is 3.30. The van der Waals surface area contributed by atoms with E-state index in [1.54, 1.807) is 0 Å². The number of carbonyl (C=O) groups excluding carboxylic acids is 1. The standard InChI is InChI=1S/C20H19N5OS3/c1-11(27-20-25-24-19(22)29-20)17(26)23-18-15(10-21)14-8-7-13(9-16(14)28-18)12-5-3-2-4-6-12/h2-6,11,13H,7-9H2,1H3,(H2,22,24)(H,23,26). The number of carbonyl (C=O) groups is 1. The average molecular weight is 442 g/mol. The van der Waals surface area contributed by atoms with Gasteiger partial charge in [-0.3, -0.25) is 4.79 Å². The summed E-state index contributed by atoms with van der Waals surface area (Å²) >= 11 is 4.10. The van der Waals surface area contributed by atoms with Crippen molar-refractivity contribution in [1.29, 1.82) is 5.26 Å². The molecule has 1 aliphatic rings. The van der Waals surface area contributed by atoms with Crippen molar-refractivity contribution in [3.8, 4) is 6.07 Å². The summed E-state index contributed by atoms with van der Waals surface area (Å²) in [6.45, 7) is 1.81. The van der Waals surface area contributed by atoms with Gasteiger partial charge in [0.15, 0.2) is 4.34 Å². The summed E-state index contributed by atoms with van der Waals surface area (Å²) in [4.78, 5) is 13.9. The lowest BCUT2D eigenvalue weighted by atomic mass is 9.83. The molecule has 6 nitrogen and oxygen atoms in total. The number of nitrogens with one attached hydrogen (secondary N) is 1. The van der Waals surface area contributed by atoms with E-state index < -0.39 is 0 Å². The van der Waals surface area contributed by atoms with Crippen molar-refractivity contribution in [3.05, 3.63) is 51.9 Å². The quantitative estimate of drug-likeness (QED) is 0.567. The van der Waals surface area contributed by atoms with Crippen molar-refractivity contribution in [3.63, 3.8) is 0 Å². The van der Waals surface area contributed by atoms with Gasteiger partial charge in [-0.25, -0.2) is 0 Å². The number of thiophene rings is 1. The Morgan fingerprint density at radius 2 is 2.14 bits per heavy atom. The molecular weight excluding hydrogens is 422 g/mol. The zero-order valence-electron chi connectivity index (χ0n) is 15.7. The molecule has 2 heterocycles. The van der Waals surface area contributed by atoms with Crippen LogP contribution in [0, 0.1) is 11.3 Å². The molecule has 1 amide bonds. The van der Waals surface area contributed by atoms with Crippen molar-refractivity contribution in [2.24, 2.45) is 0 Å². The molecule has 0 radical (unpaired) electrons. The van der Waals surface area contributed by atoms with Crippen LogP contribution >= 0.6 is 34.4 Å². The number of benzene rings is 1. The van der Waals surface area contributed by atoms with Crippen LogP contribution in [0.15, 0.2) is 34.7 Å². The number of nitriles is 1. The monoisotopic (exact) mass is 441 g/mol. The third-order valence-corrected chi connectivity index (χ3v) is 8.06. The number of nitrogen functional groups attached to an aromatic ring is 1. The summed E-state index contributed by atoms with van der Waals surface area (Å²) in [6.07, 6.45) is 2.78. The van der Waals surface area contributed by atoms with Crippen LogP contribution in [0.1, 0.15) is 40.8 Å². The zero-order chi connectivity index (χ0) is 20.4. The van der Waals surface area contributed by atoms with Gasteiger partial charge in [-0.05, 0) is 43.2 Å². The molecule has 9 heteroatoms. The first kappa shape index (κ1) is 19.9. The molecule has 1 aromatic carbocycles. The molecule has 148 valence electrons. The number of thioether (sulfide) groups is 1. The van der Waals surface area contributed by atoms with Crippen LogP contribution in [0.2, 0.25) is 0 Å². The lowest BCUT2D eigenvalue weighted by Crippen LogP contribution is -2.22. The van der Waals surface area contributed by atoms with Crippen LogP contribution in [-0.4, -0.2) is 21.4 Å². The van der Waals surface area contributed by atoms with Gasteiger partial charge in [0, 0.05) is 4.88 Å². The highest BCUT2D eigenvalue weighted by Gasteiger charge is 2.28. The maximum Gasteiger partial charge on any atom is 0.238 e. The first-order chi connectivity index (χ1) is 14.0. The molecule has 29 heavy (non-hydrogen) atoms. The van der Waals surface area contributed by atoms with Crippen LogP contribution in [0.3, 0.4) is 0 Å². The number of hydrogen-bond acceptors (Lipinski definition) is 8. The number of aromatic nitrogens is 2. The van der Waals surface area contributed by atoms with E-state index in [2.05, 4.69) is 45.8 Å². The Hall–Kier alpha value is -2.41. The molecule has 3 aromatic rings. The molecule has 2 atom stereocenters. The zero-order valence-corrected chi connectivity index (χ0v) is 18.2. The maximum absolute atomic E-state index is 12.7. The van der Waals surface area contributed by atoms with E-state index in [9.17, 15) is 10.1 Å². The third-order valence-electron chi connectivity index (χ3n) is 4.95. The van der Waals surface area contributed by atoms with Crippen molar-refractivity contribution in [2.75, 3.05) is 11.1 Å². The summed E-state index contributed by atoms with van der Waals surface area (Å²) in [5.41, 5.74) is 8.64. The molecule has 0 saturated carbocycles. The second-order valence-electron chi connectivity index (χ2n) is 6.83. The molecular formula is C20H19N5OS3. The lowest BCUT2D eigenvalue weighted by molar-refractivity contribution is -0.115. The van der Waals surface area contributed by atoms with Gasteiger partial charge in [0.25, 0.3) is 0 Å². The topological polar surface area (TPSA) is 105 Å². The second kappa shape index (κ2) is 8.53. The molecule has 0 bridgehead atoms. The van der Waals surface area contributed by atoms with E-state index >= 15 is 0 Å². The fourth-order valence-electron chi connectivity index (χ4n) is 3.49. The normalized spacial score (nSPS) is 16.6. The van der Waals surface area contributed by atoms with Gasteiger partial charge in [0.2, 0.25) is 11.0 Å². The number of rotatable bonds is 5. The van der Waals surface area contributed by atoms with Crippen molar-refractivity contribution in [1.82, 2.24) is 10.2 Å². The van der Waals surface area contributed by atoms with Gasteiger partial charge in [0.05, 0.1) is 10.8 Å². The van der Waals surface area contributed by atoms with Crippen LogP contribution in [0.4, 0.5) is 10.1 Å². The van der Waals surface area contributed by atoms with Gasteiger partial charge in [-0.1, -0.05) is 53.4 Å². The number of nitrogens with zero attached hydrogens (tertiary/aromatic N) is 3. The number of fused-ring (bicyclic) bond motifs is 1. The minimum absolute atomic E-state index is 0.154. The van der Waals surface area contributed by atoms with E-state index in [4.69, 9.17) is 5.73 Å². The summed E-state index contributed by atoms with van der Waals surface area (Å²) in [7, 11) is 0. The third kappa shape index (κ3) is 4.29. The predicted octanol–water partition coefficient (Wildman–Crippen LogP) is 4.45. The Morgan fingerprint density at radius 3 is 2.83 bits per heavy atom. The van der Waals surface area contributed by atoms with Gasteiger partial charge in [-0.2, -0.15) is 5.26 Å². The van der Waals surface area contributed by atoms with Gasteiger partial charge < -0.3 is 11.1 Å². The number of hydrogen-bond donors (Lipinski definition) is 2. The highest BCUT2D eigenvalue weighted by atomic mass is 32.2. The van der Waals surface area contributed by atoms with E-state index in [1.165, 1.54) is 44.9 Å². The van der Waals surface area contributed by atoms with E-state index in [1.807, 2.05) is 13.0 Å². The Morgan fingerprint density at radius 1 is 1.34 bits per heavy atom. The lowest BCUT2D eigenvalue weighted by Gasteiger charge is -2.22. The summed E-state index contributed by atoms with van der Waals surface area (Å²) in [5, 5.41) is 21.0. The molecule has 0 fully saturated rings. The smallest absolute Gasteiger partial charge is 0.238 e. The van der Waals surface area contributed by atoms with Gasteiger partial charge >= 0.3 is 0 Å². The molecule has 1 aliphatic carbocycles. The van der Waals surface area contributed by atoms with Crippen molar-refractivity contribution < 1.29 is 4.79 Å². The van der Waals surface area contributed by atoms with Crippen molar-refractivity contribution in [2.45, 2.75) is 41.7 Å². The largest absolute Gasteiger partial charge is 0.374 e. The molecule has 4 rings (SSSR count). The Bertz CT molecular complexity index is 1070. The molecule has 3 N–H and O–H groups in total. The number of amides is 1. The van der Waals surface area contributed by atoms with Crippen LogP contribution < -0.4 is 11.1 Å². The predicted molar refractivity (Wildman–Crippen MR) is 119 cm³/mol. The Kier molecular flexibility index (Phi) is 5.85. The number of anilines is 2. The fourth-order valence-corrected chi connectivity index (χ4v) is 6.55. The van der Waals surface area contributed by atoms with E-state index in [0.717, 1.165) is 24.8 Å².